The van der Waals surface area contributed by atoms with Crippen molar-refractivity contribution in [3.05, 3.63) is 59.8 Å². The van der Waals surface area contributed by atoms with Gasteiger partial charge in [-0.25, -0.2) is 0 Å². The van der Waals surface area contributed by atoms with Crippen molar-refractivity contribution in [1.29, 1.82) is 0 Å². The Morgan fingerprint density at radius 3 is 2.61 bits per heavy atom. The van der Waals surface area contributed by atoms with Gasteiger partial charge < -0.3 is 20.7 Å². The quantitative estimate of drug-likeness (QED) is 0.374. The summed E-state index contributed by atoms with van der Waals surface area (Å²) in [6.07, 6.45) is 0.136. The molecule has 4 N–H and O–H groups in total. The number of phenols is 1. The number of anilines is 1. The molecule has 0 spiro atoms. The second-order valence-corrected chi connectivity index (χ2v) is 7.66. The standard InChI is InChI=1S/C23H26F3N3O2/c1-15(27-12-11-16-14-28-21-10-9-19(30)13-20(16)21)3-2-4-22(31)29-18-7-5-17(6-8-18)23(24,25)26/h5-10,13-15,27-28,30H,2-4,11-12H2,1H3,(H,29,31). The van der Waals surface area contributed by atoms with E-state index in [0.717, 1.165) is 48.0 Å². The van der Waals surface area contributed by atoms with E-state index in [1.807, 2.05) is 12.3 Å². The van der Waals surface area contributed by atoms with Gasteiger partial charge in [0.05, 0.1) is 5.56 Å². The van der Waals surface area contributed by atoms with Crippen LogP contribution in [0.1, 0.15) is 37.3 Å². The summed E-state index contributed by atoms with van der Waals surface area (Å²) < 4.78 is 37.7. The number of aromatic hydroxyl groups is 1. The van der Waals surface area contributed by atoms with E-state index in [-0.39, 0.29) is 17.7 Å². The lowest BCUT2D eigenvalue weighted by Gasteiger charge is -2.13. The van der Waals surface area contributed by atoms with Gasteiger partial charge in [-0.05, 0) is 80.8 Å². The zero-order chi connectivity index (χ0) is 22.4. The molecule has 1 aromatic heterocycles. The molecule has 166 valence electrons. The molecular formula is C23H26F3N3O2. The third-order valence-corrected chi connectivity index (χ3v) is 5.18. The van der Waals surface area contributed by atoms with E-state index in [1.165, 1.54) is 12.1 Å². The molecule has 31 heavy (non-hydrogen) atoms. The van der Waals surface area contributed by atoms with Crippen LogP contribution in [0.15, 0.2) is 48.7 Å². The van der Waals surface area contributed by atoms with Crippen LogP contribution < -0.4 is 10.6 Å². The summed E-state index contributed by atoms with van der Waals surface area (Å²) in [5.74, 6) is 0.0230. The molecule has 3 rings (SSSR count). The van der Waals surface area contributed by atoms with Crippen molar-refractivity contribution in [2.45, 2.75) is 44.8 Å². The summed E-state index contributed by atoms with van der Waals surface area (Å²) in [7, 11) is 0. The average molecular weight is 433 g/mol. The van der Waals surface area contributed by atoms with Gasteiger partial charge in [0, 0.05) is 35.2 Å². The van der Waals surface area contributed by atoms with E-state index in [2.05, 4.69) is 22.5 Å². The van der Waals surface area contributed by atoms with E-state index in [0.29, 0.717) is 18.5 Å². The number of nitrogens with one attached hydrogen (secondary N) is 3. The number of aromatic nitrogens is 1. The number of halogens is 3. The van der Waals surface area contributed by atoms with Gasteiger partial charge in [0.1, 0.15) is 5.75 Å². The van der Waals surface area contributed by atoms with Crippen LogP contribution in [-0.2, 0) is 17.4 Å². The lowest BCUT2D eigenvalue weighted by atomic mass is 10.1. The van der Waals surface area contributed by atoms with Gasteiger partial charge in [-0.1, -0.05) is 0 Å². The number of benzene rings is 2. The van der Waals surface area contributed by atoms with E-state index < -0.39 is 11.7 Å². The summed E-state index contributed by atoms with van der Waals surface area (Å²) in [6, 6.07) is 9.90. The number of phenolic OH excluding ortho intramolecular Hbond substituents is 1. The number of hydrogen-bond acceptors (Lipinski definition) is 3. The Morgan fingerprint density at radius 1 is 1.16 bits per heavy atom. The fourth-order valence-corrected chi connectivity index (χ4v) is 3.46. The first-order valence-electron chi connectivity index (χ1n) is 10.2. The Labute approximate surface area is 178 Å². The summed E-state index contributed by atoms with van der Waals surface area (Å²) in [6.45, 7) is 2.82. The van der Waals surface area contributed by atoms with Crippen LogP contribution in [0, 0.1) is 0 Å². The monoisotopic (exact) mass is 433 g/mol. The zero-order valence-corrected chi connectivity index (χ0v) is 17.2. The van der Waals surface area contributed by atoms with Crippen molar-refractivity contribution < 1.29 is 23.1 Å². The van der Waals surface area contributed by atoms with Gasteiger partial charge in [0.2, 0.25) is 5.91 Å². The van der Waals surface area contributed by atoms with Gasteiger partial charge in [0.15, 0.2) is 0 Å². The van der Waals surface area contributed by atoms with Crippen LogP contribution in [0.4, 0.5) is 18.9 Å². The summed E-state index contributed by atoms with van der Waals surface area (Å²) in [4.78, 5) is 15.2. The van der Waals surface area contributed by atoms with Gasteiger partial charge in [0.25, 0.3) is 0 Å². The van der Waals surface area contributed by atoms with Crippen LogP contribution in [0.3, 0.4) is 0 Å². The van der Waals surface area contributed by atoms with Crippen LogP contribution in [-0.4, -0.2) is 28.6 Å². The molecule has 0 fully saturated rings. The number of H-pyrrole nitrogens is 1. The number of carbonyl (C=O) groups is 1. The summed E-state index contributed by atoms with van der Waals surface area (Å²) in [5.41, 5.74) is 1.73. The Balaban J connectivity index is 1.35. The van der Waals surface area contributed by atoms with Gasteiger partial charge >= 0.3 is 6.18 Å². The van der Waals surface area contributed by atoms with Crippen molar-refractivity contribution in [1.82, 2.24) is 10.3 Å². The maximum Gasteiger partial charge on any atom is 0.416 e. The normalized spacial score (nSPS) is 12.8. The topological polar surface area (TPSA) is 77.2 Å². The highest BCUT2D eigenvalue weighted by Gasteiger charge is 2.29. The SMILES string of the molecule is CC(CCCC(=O)Nc1ccc(C(F)(F)F)cc1)NCCc1c[nH]c2ccc(O)cc12. The molecule has 5 nitrogen and oxygen atoms in total. The molecule has 0 saturated carbocycles. The number of hydrogen-bond donors (Lipinski definition) is 4. The van der Waals surface area contributed by atoms with Crippen LogP contribution >= 0.6 is 0 Å². The zero-order valence-electron chi connectivity index (χ0n) is 17.2. The average Bonchev–Trinajstić information content (AvgIpc) is 3.10. The number of aromatic amines is 1. The molecule has 0 radical (unpaired) electrons. The molecule has 1 heterocycles. The number of alkyl halides is 3. The van der Waals surface area contributed by atoms with Gasteiger partial charge in [-0.15, -0.1) is 0 Å². The smallest absolute Gasteiger partial charge is 0.416 e. The second kappa shape index (κ2) is 9.87. The fourth-order valence-electron chi connectivity index (χ4n) is 3.46. The molecule has 1 atom stereocenters. The molecule has 0 aliphatic heterocycles. The van der Waals surface area contributed by atoms with E-state index in [9.17, 15) is 23.1 Å². The van der Waals surface area contributed by atoms with Gasteiger partial charge in [-0.3, -0.25) is 4.79 Å². The summed E-state index contributed by atoms with van der Waals surface area (Å²) >= 11 is 0. The van der Waals surface area contributed by atoms with Crippen molar-refractivity contribution in [2.24, 2.45) is 0 Å². The molecule has 2 aromatic carbocycles. The Hall–Kier alpha value is -3.00. The van der Waals surface area contributed by atoms with Crippen molar-refractivity contribution >= 4 is 22.5 Å². The van der Waals surface area contributed by atoms with E-state index >= 15 is 0 Å². The molecule has 0 saturated heterocycles. The maximum absolute atomic E-state index is 12.6. The third kappa shape index (κ3) is 6.49. The first kappa shape index (κ1) is 22.7. The van der Waals surface area contributed by atoms with Crippen molar-refractivity contribution in [3.63, 3.8) is 0 Å². The largest absolute Gasteiger partial charge is 0.508 e. The number of carbonyl (C=O) groups excluding carboxylic acids is 1. The van der Waals surface area contributed by atoms with Crippen LogP contribution in [0.25, 0.3) is 10.9 Å². The number of fused-ring (bicyclic) bond motifs is 1. The molecule has 8 heteroatoms. The first-order chi connectivity index (χ1) is 14.7. The highest BCUT2D eigenvalue weighted by molar-refractivity contribution is 5.90. The second-order valence-electron chi connectivity index (χ2n) is 7.66. The molecule has 0 bridgehead atoms. The van der Waals surface area contributed by atoms with Crippen molar-refractivity contribution in [2.75, 3.05) is 11.9 Å². The van der Waals surface area contributed by atoms with Crippen LogP contribution in [0.5, 0.6) is 5.75 Å². The molecule has 0 aliphatic carbocycles. The lowest BCUT2D eigenvalue weighted by Crippen LogP contribution is -2.28. The lowest BCUT2D eigenvalue weighted by molar-refractivity contribution is -0.137. The van der Waals surface area contributed by atoms with Crippen LogP contribution in [0.2, 0.25) is 0 Å². The molecule has 3 aromatic rings. The highest BCUT2D eigenvalue weighted by Crippen LogP contribution is 2.29. The van der Waals surface area contributed by atoms with Gasteiger partial charge in [-0.2, -0.15) is 13.2 Å². The third-order valence-electron chi connectivity index (χ3n) is 5.18. The Kier molecular flexibility index (Phi) is 7.22. The molecule has 1 unspecified atom stereocenters. The Morgan fingerprint density at radius 2 is 1.90 bits per heavy atom. The first-order valence-corrected chi connectivity index (χ1v) is 10.2. The predicted octanol–water partition coefficient (Wildman–Crippen LogP) is 5.22. The summed E-state index contributed by atoms with van der Waals surface area (Å²) in [5, 5.41) is 16.7. The van der Waals surface area contributed by atoms with E-state index in [4.69, 9.17) is 0 Å². The Bertz CT molecular complexity index is 1010. The minimum Gasteiger partial charge on any atom is -0.508 e. The number of amides is 1. The molecule has 1 amide bonds. The highest BCUT2D eigenvalue weighted by atomic mass is 19.4. The minimum absolute atomic E-state index is 0.217. The maximum atomic E-state index is 12.6. The van der Waals surface area contributed by atoms with Crippen molar-refractivity contribution in [3.8, 4) is 5.75 Å². The fraction of sp³-hybridized carbons (Fsp3) is 0.348. The predicted molar refractivity (Wildman–Crippen MR) is 115 cm³/mol. The molecule has 0 aliphatic rings. The minimum atomic E-state index is -4.39. The van der Waals surface area contributed by atoms with E-state index in [1.54, 1.807) is 12.1 Å². The molecular weight excluding hydrogens is 407 g/mol. The number of rotatable bonds is 9.